The molecule has 0 aliphatic heterocycles. The van der Waals surface area contributed by atoms with Crippen molar-refractivity contribution in [3.63, 3.8) is 0 Å². The van der Waals surface area contributed by atoms with E-state index in [4.69, 9.17) is 4.74 Å². The second kappa shape index (κ2) is 11.8. The second-order valence-electron chi connectivity index (χ2n) is 8.84. The molecule has 1 amide bonds. The van der Waals surface area contributed by atoms with Gasteiger partial charge in [0.15, 0.2) is 0 Å². The van der Waals surface area contributed by atoms with E-state index in [1.54, 1.807) is 42.5 Å². The lowest BCUT2D eigenvalue weighted by Gasteiger charge is -2.24. The molecule has 0 unspecified atom stereocenters. The third-order valence-electron chi connectivity index (χ3n) is 6.35. The fourth-order valence-corrected chi connectivity index (χ4v) is 4.43. The van der Waals surface area contributed by atoms with Crippen molar-refractivity contribution in [1.29, 1.82) is 0 Å². The average Bonchev–Trinajstić information content (AvgIpc) is 2.92. The van der Waals surface area contributed by atoms with E-state index in [2.05, 4.69) is 10.3 Å². The number of hydrogen-bond acceptors (Lipinski definition) is 5. The van der Waals surface area contributed by atoms with E-state index in [-0.39, 0.29) is 23.1 Å². The van der Waals surface area contributed by atoms with Crippen molar-refractivity contribution in [1.82, 2.24) is 14.9 Å². The van der Waals surface area contributed by atoms with E-state index < -0.39 is 35.6 Å². The Balaban J connectivity index is 1.71. The highest BCUT2D eigenvalue weighted by molar-refractivity contribution is 5.83. The largest absolute Gasteiger partial charge is 0.469 e. The summed E-state index contributed by atoms with van der Waals surface area (Å²) < 4.78 is 35.0. The van der Waals surface area contributed by atoms with Crippen molar-refractivity contribution in [2.24, 2.45) is 0 Å². The Morgan fingerprint density at radius 1 is 1.03 bits per heavy atom. The van der Waals surface area contributed by atoms with Gasteiger partial charge >= 0.3 is 5.97 Å². The highest BCUT2D eigenvalue weighted by atomic mass is 19.1. The molecule has 1 heterocycles. The number of amides is 1. The highest BCUT2D eigenvalue weighted by Crippen LogP contribution is 2.29. The molecule has 0 bridgehead atoms. The molecule has 4 rings (SSSR count). The van der Waals surface area contributed by atoms with Crippen LogP contribution in [0, 0.1) is 11.6 Å². The van der Waals surface area contributed by atoms with Gasteiger partial charge in [-0.3, -0.25) is 19.0 Å². The molecule has 0 fully saturated rings. The van der Waals surface area contributed by atoms with Crippen LogP contribution in [0.5, 0.6) is 0 Å². The first kappa shape index (κ1) is 26.7. The van der Waals surface area contributed by atoms with Crippen LogP contribution in [-0.2, 0) is 14.3 Å². The molecular weight excluding hydrogens is 492 g/mol. The molecule has 0 aliphatic carbocycles. The smallest absolute Gasteiger partial charge is 0.307 e. The average molecular weight is 520 g/mol. The fourth-order valence-electron chi connectivity index (χ4n) is 4.43. The number of nitrogens with one attached hydrogen (secondary N) is 1. The first-order valence-corrected chi connectivity index (χ1v) is 12.2. The van der Waals surface area contributed by atoms with Gasteiger partial charge in [0, 0.05) is 0 Å². The first-order valence-electron chi connectivity index (χ1n) is 12.2. The number of esters is 1. The number of benzene rings is 3. The number of carbonyl (C=O) groups excluding carboxylic acids is 2. The van der Waals surface area contributed by atoms with Gasteiger partial charge in [0.2, 0.25) is 5.91 Å². The van der Waals surface area contributed by atoms with Crippen molar-refractivity contribution in [2.75, 3.05) is 7.11 Å². The zero-order valence-corrected chi connectivity index (χ0v) is 21.0. The highest BCUT2D eigenvalue weighted by Gasteiger charge is 2.27. The van der Waals surface area contributed by atoms with Gasteiger partial charge < -0.3 is 10.1 Å². The molecule has 2 atom stereocenters. The number of halogens is 2. The van der Waals surface area contributed by atoms with E-state index >= 15 is 0 Å². The molecule has 9 heteroatoms. The van der Waals surface area contributed by atoms with Crippen LogP contribution in [0.25, 0.3) is 22.0 Å². The first-order chi connectivity index (χ1) is 18.3. The lowest BCUT2D eigenvalue weighted by molar-refractivity contribution is -0.141. The number of ether oxygens (including phenoxy) is 1. The van der Waals surface area contributed by atoms with Gasteiger partial charge in [-0.2, -0.15) is 0 Å². The van der Waals surface area contributed by atoms with Crippen LogP contribution in [-0.4, -0.2) is 28.5 Å². The van der Waals surface area contributed by atoms with Crippen LogP contribution in [0.15, 0.2) is 77.9 Å². The van der Waals surface area contributed by atoms with Gasteiger partial charge in [0.05, 0.1) is 42.4 Å². The van der Waals surface area contributed by atoms with Crippen molar-refractivity contribution < 1.29 is 23.1 Å². The molecular formula is C29H27F2N3O4. The number of para-hydroxylation sites is 1. The minimum atomic E-state index is -0.892. The molecule has 196 valence electrons. The number of hydrogen-bond donors (Lipinski definition) is 1. The summed E-state index contributed by atoms with van der Waals surface area (Å²) in [6.45, 7) is 1.89. The lowest BCUT2D eigenvalue weighted by Crippen LogP contribution is -2.39. The third kappa shape index (κ3) is 5.61. The number of nitrogens with zero attached hydrogens (tertiary/aromatic N) is 2. The summed E-state index contributed by atoms with van der Waals surface area (Å²) in [4.78, 5) is 43.3. The predicted octanol–water partition coefficient (Wildman–Crippen LogP) is 5.10. The minimum absolute atomic E-state index is 0.213. The lowest BCUT2D eigenvalue weighted by atomic mass is 9.96. The Morgan fingerprint density at radius 3 is 2.45 bits per heavy atom. The SMILES string of the molecule is CCC[C@@H](C(=O)N[C@@H](CC(=O)OC)c1cccc(-c2c(F)cccc2F)c1)n1cnc2ccccc2c1=O. The molecule has 0 saturated heterocycles. The Bertz CT molecular complexity index is 1520. The quantitative estimate of drug-likeness (QED) is 0.311. The third-order valence-corrected chi connectivity index (χ3v) is 6.35. The Morgan fingerprint density at radius 2 is 1.74 bits per heavy atom. The summed E-state index contributed by atoms with van der Waals surface area (Å²) in [5, 5.41) is 3.23. The van der Waals surface area contributed by atoms with Gasteiger partial charge in [-0.15, -0.1) is 0 Å². The summed E-state index contributed by atoms with van der Waals surface area (Å²) in [6.07, 6.45) is 2.06. The number of fused-ring (bicyclic) bond motifs is 1. The molecule has 4 aromatic rings. The van der Waals surface area contributed by atoms with Crippen LogP contribution in [0.4, 0.5) is 8.78 Å². The van der Waals surface area contributed by atoms with Gasteiger partial charge in [-0.25, -0.2) is 13.8 Å². The molecule has 1 aromatic heterocycles. The normalized spacial score (nSPS) is 12.6. The topological polar surface area (TPSA) is 90.3 Å². The van der Waals surface area contributed by atoms with Crippen LogP contribution in [0.1, 0.15) is 43.8 Å². The second-order valence-corrected chi connectivity index (χ2v) is 8.84. The van der Waals surface area contributed by atoms with E-state index in [0.29, 0.717) is 29.3 Å². The molecule has 38 heavy (non-hydrogen) atoms. The fraction of sp³-hybridized carbons (Fsp3) is 0.241. The Kier molecular flexibility index (Phi) is 8.25. The molecule has 1 N–H and O–H groups in total. The molecule has 3 aromatic carbocycles. The van der Waals surface area contributed by atoms with Crippen molar-refractivity contribution in [2.45, 2.75) is 38.3 Å². The minimum Gasteiger partial charge on any atom is -0.469 e. The van der Waals surface area contributed by atoms with Gasteiger partial charge in [0.1, 0.15) is 17.7 Å². The summed E-state index contributed by atoms with van der Waals surface area (Å²) in [5.41, 5.74) is 0.650. The van der Waals surface area contributed by atoms with E-state index in [1.807, 2.05) is 6.92 Å². The Labute approximate surface area is 218 Å². The maximum absolute atomic E-state index is 14.4. The van der Waals surface area contributed by atoms with Crippen LogP contribution in [0.2, 0.25) is 0 Å². The summed E-state index contributed by atoms with van der Waals surface area (Å²) in [6, 6.07) is 15.0. The molecule has 7 nitrogen and oxygen atoms in total. The maximum Gasteiger partial charge on any atom is 0.307 e. The van der Waals surface area contributed by atoms with Gasteiger partial charge in [-0.05, 0) is 47.9 Å². The molecule has 0 spiro atoms. The van der Waals surface area contributed by atoms with Crippen LogP contribution in [0.3, 0.4) is 0 Å². The summed E-state index contributed by atoms with van der Waals surface area (Å²) >= 11 is 0. The van der Waals surface area contributed by atoms with E-state index in [9.17, 15) is 23.2 Å². The van der Waals surface area contributed by atoms with Crippen molar-refractivity contribution >= 4 is 22.8 Å². The summed E-state index contributed by atoms with van der Waals surface area (Å²) in [7, 11) is 1.23. The zero-order chi connectivity index (χ0) is 27.2. The number of carbonyl (C=O) groups is 2. The number of rotatable bonds is 9. The van der Waals surface area contributed by atoms with Crippen molar-refractivity contribution in [3.8, 4) is 11.1 Å². The van der Waals surface area contributed by atoms with E-state index in [0.717, 1.165) is 12.1 Å². The summed E-state index contributed by atoms with van der Waals surface area (Å²) in [5.74, 6) is -2.56. The standard InChI is InChI=1S/C29H27F2N3O4/c1-3-8-25(34-17-32-23-14-5-4-11-20(23)29(34)37)28(36)33-24(16-26(35)38-2)18-9-6-10-19(15-18)27-21(30)12-7-13-22(27)31/h4-7,9-15,17,24-25H,3,8,16H2,1-2H3,(H,33,36)/t24-,25-/m0/s1. The monoisotopic (exact) mass is 519 g/mol. The van der Waals surface area contributed by atoms with Crippen LogP contribution >= 0.6 is 0 Å². The number of methoxy groups -OCH3 is 1. The van der Waals surface area contributed by atoms with Crippen molar-refractivity contribution in [3.05, 3.63) is 101 Å². The van der Waals surface area contributed by atoms with Gasteiger partial charge in [0.25, 0.3) is 5.56 Å². The van der Waals surface area contributed by atoms with Crippen LogP contribution < -0.4 is 10.9 Å². The predicted molar refractivity (Wildman–Crippen MR) is 139 cm³/mol. The number of aromatic nitrogens is 2. The molecule has 0 radical (unpaired) electrons. The van der Waals surface area contributed by atoms with E-state index in [1.165, 1.54) is 30.1 Å². The zero-order valence-electron chi connectivity index (χ0n) is 21.0. The molecule has 0 saturated carbocycles. The molecule has 0 aliphatic rings. The van der Waals surface area contributed by atoms with Gasteiger partial charge in [-0.1, -0.05) is 49.7 Å². The maximum atomic E-state index is 14.4. The Hall–Kier alpha value is -4.40.